The van der Waals surface area contributed by atoms with Gasteiger partial charge in [0.15, 0.2) is 9.84 Å². The van der Waals surface area contributed by atoms with Crippen molar-refractivity contribution in [3.63, 3.8) is 0 Å². The summed E-state index contributed by atoms with van der Waals surface area (Å²) in [6.07, 6.45) is 1.59. The molecule has 0 radical (unpaired) electrons. The summed E-state index contributed by atoms with van der Waals surface area (Å²) < 4.78 is 29.2. The molecule has 0 heterocycles. The molecule has 0 aromatic heterocycles. The second-order valence-electron chi connectivity index (χ2n) is 7.54. The lowest BCUT2D eigenvalue weighted by Crippen LogP contribution is -2.24. The SMILES string of the molecule is C[C@@H](CS(=O)(=O)/C=C/COCC(C)(C)C)C(C)(C)C. The van der Waals surface area contributed by atoms with Gasteiger partial charge in [0.05, 0.1) is 19.0 Å². The molecule has 0 aliphatic carbocycles. The molecule has 0 aliphatic rings. The maximum atomic E-state index is 11.9. The van der Waals surface area contributed by atoms with E-state index in [4.69, 9.17) is 4.74 Å². The molecule has 0 fully saturated rings. The van der Waals surface area contributed by atoms with Crippen LogP contribution in [0.1, 0.15) is 48.5 Å². The van der Waals surface area contributed by atoms with Crippen LogP contribution in [0.25, 0.3) is 0 Å². The fraction of sp³-hybridized carbons (Fsp3) is 0.867. The predicted octanol–water partition coefficient (Wildman–Crippen LogP) is 3.66. The van der Waals surface area contributed by atoms with Crippen LogP contribution in [0.15, 0.2) is 11.5 Å². The molecule has 0 saturated carbocycles. The van der Waals surface area contributed by atoms with E-state index in [0.29, 0.717) is 13.2 Å². The summed E-state index contributed by atoms with van der Waals surface area (Å²) >= 11 is 0. The fourth-order valence-electron chi connectivity index (χ4n) is 1.27. The molecule has 4 heteroatoms. The highest BCUT2D eigenvalue weighted by Gasteiger charge is 2.24. The fourth-order valence-corrected chi connectivity index (χ4v) is 2.95. The molecule has 0 saturated heterocycles. The average molecular weight is 290 g/mol. The van der Waals surface area contributed by atoms with E-state index < -0.39 is 9.84 Å². The molecule has 0 spiro atoms. The Kier molecular flexibility index (Phi) is 6.76. The van der Waals surface area contributed by atoms with E-state index in [2.05, 4.69) is 41.5 Å². The summed E-state index contributed by atoms with van der Waals surface area (Å²) in [5.41, 5.74) is 0.108. The van der Waals surface area contributed by atoms with Gasteiger partial charge < -0.3 is 4.74 Å². The highest BCUT2D eigenvalue weighted by atomic mass is 32.2. The van der Waals surface area contributed by atoms with E-state index in [1.807, 2.05) is 6.92 Å². The molecule has 0 aliphatic heterocycles. The molecule has 0 unspecified atom stereocenters. The van der Waals surface area contributed by atoms with Crippen LogP contribution in [-0.2, 0) is 14.6 Å². The zero-order chi connectivity index (χ0) is 15.3. The summed E-state index contributed by atoms with van der Waals surface area (Å²) in [5, 5.41) is 1.29. The largest absolute Gasteiger partial charge is 0.377 e. The van der Waals surface area contributed by atoms with Crippen LogP contribution in [0.2, 0.25) is 0 Å². The van der Waals surface area contributed by atoms with E-state index in [0.717, 1.165) is 0 Å². The Morgan fingerprint density at radius 1 is 1.11 bits per heavy atom. The Morgan fingerprint density at radius 2 is 1.63 bits per heavy atom. The smallest absolute Gasteiger partial charge is 0.171 e. The van der Waals surface area contributed by atoms with Crippen molar-refractivity contribution in [3.05, 3.63) is 11.5 Å². The monoisotopic (exact) mass is 290 g/mol. The molecular weight excluding hydrogens is 260 g/mol. The quantitative estimate of drug-likeness (QED) is 0.701. The van der Waals surface area contributed by atoms with Crippen LogP contribution < -0.4 is 0 Å². The van der Waals surface area contributed by atoms with Gasteiger partial charge in [-0.2, -0.15) is 0 Å². The first kappa shape index (κ1) is 18.7. The number of rotatable bonds is 6. The number of ether oxygens (including phenoxy) is 1. The number of sulfone groups is 1. The van der Waals surface area contributed by atoms with Gasteiger partial charge >= 0.3 is 0 Å². The second-order valence-corrected chi connectivity index (χ2v) is 9.48. The van der Waals surface area contributed by atoms with Crippen LogP contribution >= 0.6 is 0 Å². The Bertz CT molecular complexity index is 381. The molecular formula is C15H30O3S. The van der Waals surface area contributed by atoms with Crippen LogP contribution in [0, 0.1) is 16.7 Å². The van der Waals surface area contributed by atoms with Crippen molar-refractivity contribution in [1.82, 2.24) is 0 Å². The van der Waals surface area contributed by atoms with Gasteiger partial charge in [-0.15, -0.1) is 0 Å². The molecule has 0 rings (SSSR count). The number of hydrogen-bond donors (Lipinski definition) is 0. The van der Waals surface area contributed by atoms with Crippen molar-refractivity contribution in [2.24, 2.45) is 16.7 Å². The van der Waals surface area contributed by atoms with E-state index in [1.165, 1.54) is 5.41 Å². The molecule has 1 atom stereocenters. The summed E-state index contributed by atoms with van der Waals surface area (Å²) in [5.74, 6) is 0.310. The Hall–Kier alpha value is -0.350. The molecule has 3 nitrogen and oxygen atoms in total. The standard InChI is InChI=1S/C15H30O3S/c1-13(15(5,6)7)11-19(16,17)10-8-9-18-12-14(2,3)4/h8,10,13H,9,11-12H2,1-7H3/b10-8+/t13-/m0/s1. The van der Waals surface area contributed by atoms with Gasteiger partial charge in [0, 0.05) is 5.41 Å². The first-order valence-electron chi connectivity index (χ1n) is 6.80. The van der Waals surface area contributed by atoms with Crippen molar-refractivity contribution >= 4 is 9.84 Å². The zero-order valence-electron chi connectivity index (χ0n) is 13.5. The Morgan fingerprint density at radius 3 is 2.05 bits per heavy atom. The highest BCUT2D eigenvalue weighted by Crippen LogP contribution is 2.26. The average Bonchev–Trinajstić information content (AvgIpc) is 2.12. The molecule has 19 heavy (non-hydrogen) atoms. The zero-order valence-corrected chi connectivity index (χ0v) is 14.3. The maximum Gasteiger partial charge on any atom is 0.171 e. The van der Waals surface area contributed by atoms with Gasteiger partial charge in [-0.05, 0) is 22.8 Å². The van der Waals surface area contributed by atoms with E-state index in [9.17, 15) is 8.42 Å². The molecule has 0 aromatic carbocycles. The van der Waals surface area contributed by atoms with Crippen LogP contribution in [0.3, 0.4) is 0 Å². The van der Waals surface area contributed by atoms with Gasteiger partial charge in [-0.25, -0.2) is 8.42 Å². The maximum absolute atomic E-state index is 11.9. The molecule has 0 amide bonds. The normalized spacial score (nSPS) is 15.9. The van der Waals surface area contributed by atoms with Gasteiger partial charge in [-0.3, -0.25) is 0 Å². The van der Waals surface area contributed by atoms with E-state index in [-0.39, 0.29) is 22.5 Å². The first-order chi connectivity index (χ1) is 8.33. The van der Waals surface area contributed by atoms with Crippen molar-refractivity contribution in [3.8, 4) is 0 Å². The lowest BCUT2D eigenvalue weighted by molar-refractivity contribution is 0.0910. The Balaban J connectivity index is 4.24. The summed E-state index contributed by atoms with van der Waals surface area (Å²) in [6.45, 7) is 15.4. The topological polar surface area (TPSA) is 43.4 Å². The highest BCUT2D eigenvalue weighted by molar-refractivity contribution is 7.94. The second kappa shape index (κ2) is 6.89. The van der Waals surface area contributed by atoms with Crippen molar-refractivity contribution < 1.29 is 13.2 Å². The lowest BCUT2D eigenvalue weighted by Gasteiger charge is -2.26. The third-order valence-electron chi connectivity index (χ3n) is 3.01. The van der Waals surface area contributed by atoms with Gasteiger partial charge in [0.2, 0.25) is 0 Å². The minimum Gasteiger partial charge on any atom is -0.377 e. The minimum atomic E-state index is -3.14. The molecule has 0 bridgehead atoms. The summed E-state index contributed by atoms with van der Waals surface area (Å²) in [4.78, 5) is 0. The van der Waals surface area contributed by atoms with Crippen molar-refractivity contribution in [1.29, 1.82) is 0 Å². The molecule has 0 aromatic rings. The Labute approximate surface area is 119 Å². The van der Waals surface area contributed by atoms with Gasteiger partial charge in [0.25, 0.3) is 0 Å². The summed E-state index contributed by atoms with van der Waals surface area (Å²) in [7, 11) is -3.14. The number of hydrogen-bond acceptors (Lipinski definition) is 3. The van der Waals surface area contributed by atoms with Crippen molar-refractivity contribution in [2.75, 3.05) is 19.0 Å². The third kappa shape index (κ3) is 10.1. The molecule has 0 N–H and O–H groups in total. The van der Waals surface area contributed by atoms with Crippen LogP contribution in [-0.4, -0.2) is 27.4 Å². The van der Waals surface area contributed by atoms with E-state index >= 15 is 0 Å². The summed E-state index contributed by atoms with van der Waals surface area (Å²) in [6, 6.07) is 0. The van der Waals surface area contributed by atoms with Crippen molar-refractivity contribution in [2.45, 2.75) is 48.5 Å². The third-order valence-corrected chi connectivity index (χ3v) is 4.59. The van der Waals surface area contributed by atoms with Gasteiger partial charge in [0.1, 0.15) is 0 Å². The van der Waals surface area contributed by atoms with Gasteiger partial charge in [-0.1, -0.05) is 48.5 Å². The molecule has 114 valence electrons. The van der Waals surface area contributed by atoms with E-state index in [1.54, 1.807) is 6.08 Å². The lowest BCUT2D eigenvalue weighted by atomic mass is 9.83. The van der Waals surface area contributed by atoms with Crippen LogP contribution in [0.4, 0.5) is 0 Å². The van der Waals surface area contributed by atoms with Crippen LogP contribution in [0.5, 0.6) is 0 Å². The first-order valence-corrected chi connectivity index (χ1v) is 8.52. The predicted molar refractivity (Wildman–Crippen MR) is 81.8 cm³/mol. The minimum absolute atomic E-state index is 0.00362.